The number of rotatable bonds is 1. The van der Waals surface area contributed by atoms with Crippen LogP contribution in [0.4, 0.5) is 0 Å². The van der Waals surface area contributed by atoms with Gasteiger partial charge in [0.2, 0.25) is 0 Å². The summed E-state index contributed by atoms with van der Waals surface area (Å²) in [5.74, 6) is 0. The first-order chi connectivity index (χ1) is 6.27. The molecule has 2 atom stereocenters. The SMILES string of the molecule is OC1CCCC(n2nccc2Cl)C1. The average molecular weight is 201 g/mol. The van der Waals surface area contributed by atoms with Crippen LogP contribution in [0.5, 0.6) is 0 Å². The molecule has 0 aliphatic heterocycles. The van der Waals surface area contributed by atoms with Crippen molar-refractivity contribution < 1.29 is 5.11 Å². The summed E-state index contributed by atoms with van der Waals surface area (Å²) in [4.78, 5) is 0. The van der Waals surface area contributed by atoms with Crippen molar-refractivity contribution in [3.8, 4) is 0 Å². The van der Waals surface area contributed by atoms with Gasteiger partial charge in [0.25, 0.3) is 0 Å². The van der Waals surface area contributed by atoms with Crippen molar-refractivity contribution >= 4 is 11.6 Å². The summed E-state index contributed by atoms with van der Waals surface area (Å²) < 4.78 is 1.81. The topological polar surface area (TPSA) is 38.0 Å². The first-order valence-electron chi connectivity index (χ1n) is 4.64. The first-order valence-corrected chi connectivity index (χ1v) is 5.02. The lowest BCUT2D eigenvalue weighted by molar-refractivity contribution is 0.100. The Kier molecular flexibility index (Phi) is 2.56. The van der Waals surface area contributed by atoms with Gasteiger partial charge in [-0.15, -0.1) is 0 Å². The quantitative estimate of drug-likeness (QED) is 0.753. The minimum absolute atomic E-state index is 0.181. The molecule has 0 amide bonds. The minimum atomic E-state index is -0.181. The maximum atomic E-state index is 9.49. The van der Waals surface area contributed by atoms with E-state index in [2.05, 4.69) is 5.10 Å². The van der Waals surface area contributed by atoms with E-state index in [0.29, 0.717) is 5.15 Å². The Bertz CT molecular complexity index is 287. The molecule has 13 heavy (non-hydrogen) atoms. The molecule has 0 bridgehead atoms. The van der Waals surface area contributed by atoms with Crippen LogP contribution in [-0.4, -0.2) is 21.0 Å². The van der Waals surface area contributed by atoms with Gasteiger partial charge in [-0.3, -0.25) is 4.68 Å². The van der Waals surface area contributed by atoms with Crippen LogP contribution in [0.25, 0.3) is 0 Å². The molecule has 4 heteroatoms. The van der Waals surface area contributed by atoms with E-state index in [-0.39, 0.29) is 12.1 Å². The molecule has 1 aliphatic carbocycles. The molecule has 2 unspecified atom stereocenters. The van der Waals surface area contributed by atoms with Crippen molar-refractivity contribution in [1.29, 1.82) is 0 Å². The monoisotopic (exact) mass is 200 g/mol. The van der Waals surface area contributed by atoms with Gasteiger partial charge in [-0.2, -0.15) is 5.10 Å². The van der Waals surface area contributed by atoms with E-state index in [1.807, 2.05) is 4.68 Å². The van der Waals surface area contributed by atoms with Crippen LogP contribution in [-0.2, 0) is 0 Å². The highest BCUT2D eigenvalue weighted by atomic mass is 35.5. The summed E-state index contributed by atoms with van der Waals surface area (Å²) in [6.07, 6.45) is 5.33. The lowest BCUT2D eigenvalue weighted by Crippen LogP contribution is -2.23. The highest BCUT2D eigenvalue weighted by Crippen LogP contribution is 2.29. The third kappa shape index (κ3) is 1.86. The number of hydrogen-bond acceptors (Lipinski definition) is 2. The Hall–Kier alpha value is -0.540. The highest BCUT2D eigenvalue weighted by Gasteiger charge is 2.22. The van der Waals surface area contributed by atoms with E-state index >= 15 is 0 Å². The van der Waals surface area contributed by atoms with Crippen molar-refractivity contribution in [1.82, 2.24) is 9.78 Å². The predicted molar refractivity (Wildman–Crippen MR) is 50.7 cm³/mol. The van der Waals surface area contributed by atoms with Gasteiger partial charge in [-0.05, 0) is 31.7 Å². The van der Waals surface area contributed by atoms with Crippen molar-refractivity contribution in [3.63, 3.8) is 0 Å². The van der Waals surface area contributed by atoms with Crippen LogP contribution in [0.3, 0.4) is 0 Å². The van der Waals surface area contributed by atoms with E-state index in [1.54, 1.807) is 12.3 Å². The van der Waals surface area contributed by atoms with E-state index in [1.165, 1.54) is 0 Å². The Morgan fingerprint density at radius 1 is 1.54 bits per heavy atom. The zero-order valence-electron chi connectivity index (χ0n) is 7.36. The Morgan fingerprint density at radius 3 is 3.00 bits per heavy atom. The van der Waals surface area contributed by atoms with Gasteiger partial charge < -0.3 is 5.11 Å². The van der Waals surface area contributed by atoms with Crippen LogP contribution in [0.1, 0.15) is 31.7 Å². The Labute approximate surface area is 82.3 Å². The second kappa shape index (κ2) is 3.68. The summed E-state index contributed by atoms with van der Waals surface area (Å²) in [6.45, 7) is 0. The molecule has 1 aromatic heterocycles. The van der Waals surface area contributed by atoms with Gasteiger partial charge in [0.1, 0.15) is 5.15 Å². The molecule has 2 rings (SSSR count). The summed E-state index contributed by atoms with van der Waals surface area (Å²) in [6, 6.07) is 2.06. The first kappa shape index (κ1) is 9.03. The fraction of sp³-hybridized carbons (Fsp3) is 0.667. The number of aliphatic hydroxyl groups is 1. The lowest BCUT2D eigenvalue weighted by atomic mass is 9.93. The molecule has 1 N–H and O–H groups in total. The number of halogens is 1. The smallest absolute Gasteiger partial charge is 0.127 e. The number of hydrogen-bond donors (Lipinski definition) is 1. The number of aliphatic hydroxyl groups excluding tert-OH is 1. The van der Waals surface area contributed by atoms with Crippen LogP contribution >= 0.6 is 11.6 Å². The van der Waals surface area contributed by atoms with E-state index in [4.69, 9.17) is 11.6 Å². The highest BCUT2D eigenvalue weighted by molar-refractivity contribution is 6.29. The molecule has 3 nitrogen and oxygen atoms in total. The molecule has 72 valence electrons. The molecule has 0 spiro atoms. The third-order valence-corrected chi connectivity index (χ3v) is 2.89. The van der Waals surface area contributed by atoms with Crippen LogP contribution in [0.2, 0.25) is 5.15 Å². The second-order valence-electron chi connectivity index (χ2n) is 3.57. The normalized spacial score (nSPS) is 29.1. The number of aromatic nitrogens is 2. The molecular weight excluding hydrogens is 188 g/mol. The van der Waals surface area contributed by atoms with Crippen LogP contribution < -0.4 is 0 Å². The van der Waals surface area contributed by atoms with Crippen molar-refractivity contribution in [2.75, 3.05) is 0 Å². The van der Waals surface area contributed by atoms with Gasteiger partial charge in [-0.25, -0.2) is 0 Å². The largest absolute Gasteiger partial charge is 0.393 e. The second-order valence-corrected chi connectivity index (χ2v) is 3.96. The standard InChI is InChI=1S/C9H13ClN2O/c10-9-4-5-11-12(9)7-2-1-3-8(13)6-7/h4-5,7-8,13H,1-3,6H2. The molecule has 1 aromatic rings. The van der Waals surface area contributed by atoms with Crippen molar-refractivity contribution in [2.45, 2.75) is 37.8 Å². The molecular formula is C9H13ClN2O. The summed E-state index contributed by atoms with van der Waals surface area (Å²) in [7, 11) is 0. The van der Waals surface area contributed by atoms with Gasteiger partial charge in [0, 0.05) is 0 Å². The zero-order valence-corrected chi connectivity index (χ0v) is 8.11. The molecule has 0 radical (unpaired) electrons. The van der Waals surface area contributed by atoms with E-state index in [0.717, 1.165) is 25.7 Å². The van der Waals surface area contributed by atoms with E-state index in [9.17, 15) is 5.11 Å². The molecule has 1 aliphatic rings. The predicted octanol–water partition coefficient (Wildman–Crippen LogP) is 2.01. The lowest BCUT2D eigenvalue weighted by Gasteiger charge is -2.26. The van der Waals surface area contributed by atoms with E-state index < -0.39 is 0 Å². The fourth-order valence-electron chi connectivity index (χ4n) is 1.93. The Morgan fingerprint density at radius 2 is 2.38 bits per heavy atom. The summed E-state index contributed by atoms with van der Waals surface area (Å²) in [5.41, 5.74) is 0. The Balaban J connectivity index is 2.12. The third-order valence-electron chi connectivity index (χ3n) is 2.59. The van der Waals surface area contributed by atoms with Crippen LogP contribution in [0.15, 0.2) is 12.3 Å². The zero-order chi connectivity index (χ0) is 9.26. The van der Waals surface area contributed by atoms with Gasteiger partial charge >= 0.3 is 0 Å². The molecule has 0 saturated heterocycles. The minimum Gasteiger partial charge on any atom is -0.393 e. The average Bonchev–Trinajstić information content (AvgIpc) is 2.51. The van der Waals surface area contributed by atoms with Gasteiger partial charge in [0.05, 0.1) is 18.3 Å². The molecule has 1 heterocycles. The number of nitrogens with zero attached hydrogens (tertiary/aromatic N) is 2. The van der Waals surface area contributed by atoms with Crippen LogP contribution in [0, 0.1) is 0 Å². The fourth-order valence-corrected chi connectivity index (χ4v) is 2.17. The van der Waals surface area contributed by atoms with Crippen molar-refractivity contribution in [3.05, 3.63) is 17.4 Å². The van der Waals surface area contributed by atoms with Crippen molar-refractivity contribution in [2.24, 2.45) is 0 Å². The summed E-state index contributed by atoms with van der Waals surface area (Å²) in [5, 5.41) is 14.3. The maximum absolute atomic E-state index is 9.49. The van der Waals surface area contributed by atoms with Gasteiger partial charge in [-0.1, -0.05) is 11.6 Å². The molecule has 1 saturated carbocycles. The maximum Gasteiger partial charge on any atom is 0.127 e. The molecule has 1 fully saturated rings. The van der Waals surface area contributed by atoms with Gasteiger partial charge in [0.15, 0.2) is 0 Å². The summed E-state index contributed by atoms with van der Waals surface area (Å²) >= 11 is 5.94. The molecule has 0 aromatic carbocycles.